The monoisotopic (exact) mass is 274 g/mol. The largest absolute Gasteiger partial charge is 0.387 e. The third kappa shape index (κ3) is 1.58. The maximum atomic E-state index is 10.1. The molecular formula is C12H12N5O3. The van der Waals surface area contributed by atoms with E-state index in [0.717, 1.165) is 0 Å². The highest BCUT2D eigenvalue weighted by atomic mass is 16.6. The molecule has 3 heterocycles. The van der Waals surface area contributed by atoms with Crippen LogP contribution >= 0.6 is 0 Å². The van der Waals surface area contributed by atoms with E-state index in [2.05, 4.69) is 17.0 Å². The Kier molecular flexibility index (Phi) is 2.65. The summed E-state index contributed by atoms with van der Waals surface area (Å²) in [6, 6.07) is 5.07. The first kappa shape index (κ1) is 12.8. The zero-order chi connectivity index (χ0) is 14.5. The van der Waals surface area contributed by atoms with Gasteiger partial charge >= 0.3 is 0 Å². The van der Waals surface area contributed by atoms with Gasteiger partial charge in [0, 0.05) is 0 Å². The van der Waals surface area contributed by atoms with E-state index >= 15 is 0 Å². The van der Waals surface area contributed by atoms with Gasteiger partial charge in [-0.1, -0.05) is 0 Å². The van der Waals surface area contributed by atoms with Crippen molar-refractivity contribution in [3.05, 3.63) is 31.1 Å². The summed E-state index contributed by atoms with van der Waals surface area (Å²) in [7, 11) is 0. The first-order valence-corrected chi connectivity index (χ1v) is 5.86. The molecule has 20 heavy (non-hydrogen) atoms. The molecule has 3 rings (SSSR count). The Hall–Kier alpha value is -2.21. The average molecular weight is 274 g/mol. The molecule has 103 valence electrons. The minimum absolute atomic E-state index is 0.278. The number of nitrogen functional groups attached to an aromatic ring is 1. The molecular weight excluding hydrogens is 262 g/mol. The minimum atomic E-state index is -1.72. The van der Waals surface area contributed by atoms with E-state index < -0.39 is 23.9 Å². The lowest BCUT2D eigenvalue weighted by atomic mass is 9.97. The second-order valence-corrected chi connectivity index (χ2v) is 4.68. The molecule has 1 unspecified atom stereocenters. The lowest BCUT2D eigenvalue weighted by molar-refractivity contribution is -0.0146. The van der Waals surface area contributed by atoms with Gasteiger partial charge in [0.1, 0.15) is 36.2 Å². The van der Waals surface area contributed by atoms with E-state index in [4.69, 9.17) is 15.7 Å². The van der Waals surface area contributed by atoms with Crippen molar-refractivity contribution in [2.45, 2.75) is 23.9 Å². The van der Waals surface area contributed by atoms with Crippen molar-refractivity contribution in [2.75, 3.05) is 5.73 Å². The second-order valence-electron chi connectivity index (χ2n) is 4.68. The highest BCUT2D eigenvalue weighted by Gasteiger charge is 2.53. The molecule has 0 bridgehead atoms. The molecule has 8 nitrogen and oxygen atoms in total. The van der Waals surface area contributed by atoms with Crippen molar-refractivity contribution in [3.63, 3.8) is 0 Å². The van der Waals surface area contributed by atoms with Crippen LogP contribution in [0, 0.1) is 18.3 Å². The summed E-state index contributed by atoms with van der Waals surface area (Å²) in [5.74, 6) is 0.278. The van der Waals surface area contributed by atoms with Crippen LogP contribution in [0.1, 0.15) is 11.8 Å². The lowest BCUT2D eigenvalue weighted by Crippen LogP contribution is -2.39. The number of aliphatic hydroxyl groups excluding tert-OH is 2. The van der Waals surface area contributed by atoms with Crippen LogP contribution in [0.5, 0.6) is 0 Å². The number of anilines is 1. The zero-order valence-corrected chi connectivity index (χ0v) is 10.3. The van der Waals surface area contributed by atoms with Gasteiger partial charge in [-0.15, -0.1) is 0 Å². The standard InChI is InChI=1S/C12H12N5O3/c1-12(4-13)10(19)8(18)9(20-12)6-2-3-7-11(14)15-5-16-17(6)7/h2-3,5,8-10,18-19H,1H2,(H2,14,15,16)/t8-,9?,10-,12+/m0/s1. The number of aliphatic hydroxyl groups is 2. The molecule has 4 N–H and O–H groups in total. The fraction of sp³-hybridized carbons (Fsp3) is 0.333. The summed E-state index contributed by atoms with van der Waals surface area (Å²) < 4.78 is 6.87. The van der Waals surface area contributed by atoms with Gasteiger partial charge in [-0.25, -0.2) is 9.50 Å². The van der Waals surface area contributed by atoms with Crippen molar-refractivity contribution >= 4 is 11.3 Å². The Balaban J connectivity index is 2.09. The Morgan fingerprint density at radius 1 is 1.50 bits per heavy atom. The number of aromatic nitrogens is 3. The van der Waals surface area contributed by atoms with Gasteiger partial charge in [0.25, 0.3) is 0 Å². The summed E-state index contributed by atoms with van der Waals surface area (Å²) in [6.45, 7) is 3.52. The van der Waals surface area contributed by atoms with Gasteiger partial charge in [-0.05, 0) is 19.1 Å². The van der Waals surface area contributed by atoms with E-state index in [1.807, 2.05) is 0 Å². The van der Waals surface area contributed by atoms with Crippen LogP contribution in [0.2, 0.25) is 0 Å². The molecule has 2 aromatic rings. The molecule has 0 amide bonds. The van der Waals surface area contributed by atoms with Gasteiger partial charge in [0.2, 0.25) is 0 Å². The third-order valence-electron chi connectivity index (χ3n) is 3.44. The lowest BCUT2D eigenvalue weighted by Gasteiger charge is -2.17. The van der Waals surface area contributed by atoms with Gasteiger partial charge < -0.3 is 20.7 Å². The first-order valence-electron chi connectivity index (χ1n) is 5.86. The molecule has 1 aliphatic rings. The number of nitrogens with zero attached hydrogens (tertiary/aromatic N) is 4. The SMILES string of the molecule is [CH2][C@]1(C#N)OC(c2ccc3c(N)ncnn23)[C@H](O)[C@@H]1O. The molecule has 8 heteroatoms. The Morgan fingerprint density at radius 3 is 2.90 bits per heavy atom. The maximum absolute atomic E-state index is 10.1. The van der Waals surface area contributed by atoms with Crippen LogP contribution in [0.3, 0.4) is 0 Å². The quantitative estimate of drug-likeness (QED) is 0.620. The molecule has 1 saturated heterocycles. The van der Waals surface area contributed by atoms with Crippen LogP contribution < -0.4 is 5.73 Å². The molecule has 0 aliphatic carbocycles. The average Bonchev–Trinajstić information content (AvgIpc) is 2.96. The van der Waals surface area contributed by atoms with Crippen molar-refractivity contribution in [2.24, 2.45) is 0 Å². The van der Waals surface area contributed by atoms with Crippen LogP contribution in [0.15, 0.2) is 18.5 Å². The number of hydrogen-bond acceptors (Lipinski definition) is 7. The number of nitriles is 1. The number of fused-ring (bicyclic) bond motifs is 1. The molecule has 1 fully saturated rings. The van der Waals surface area contributed by atoms with E-state index in [0.29, 0.717) is 11.2 Å². The van der Waals surface area contributed by atoms with E-state index in [1.54, 1.807) is 18.2 Å². The molecule has 4 atom stereocenters. The minimum Gasteiger partial charge on any atom is -0.387 e. The van der Waals surface area contributed by atoms with Gasteiger partial charge in [0.15, 0.2) is 11.4 Å². The molecule has 0 aromatic carbocycles. The van der Waals surface area contributed by atoms with Gasteiger partial charge in [0.05, 0.1) is 5.69 Å². The molecule has 1 aliphatic heterocycles. The molecule has 2 aromatic heterocycles. The Labute approximate surface area is 114 Å². The number of hydrogen-bond donors (Lipinski definition) is 3. The van der Waals surface area contributed by atoms with Crippen LogP contribution in [0.25, 0.3) is 5.52 Å². The summed E-state index contributed by atoms with van der Waals surface area (Å²) >= 11 is 0. The number of nitrogens with two attached hydrogens (primary N) is 1. The summed E-state index contributed by atoms with van der Waals surface area (Å²) in [5, 5.41) is 33.0. The van der Waals surface area contributed by atoms with Crippen molar-refractivity contribution in [3.8, 4) is 6.07 Å². The number of rotatable bonds is 1. The Bertz CT molecular complexity index is 709. The van der Waals surface area contributed by atoms with Crippen molar-refractivity contribution in [1.29, 1.82) is 5.26 Å². The van der Waals surface area contributed by atoms with Crippen LogP contribution in [-0.2, 0) is 4.74 Å². The summed E-state index contributed by atoms with van der Waals surface area (Å²) in [5.41, 5.74) is 5.01. The molecule has 0 spiro atoms. The highest BCUT2D eigenvalue weighted by Crippen LogP contribution is 2.39. The topological polar surface area (TPSA) is 130 Å². The first-order chi connectivity index (χ1) is 9.48. The Morgan fingerprint density at radius 2 is 2.25 bits per heavy atom. The fourth-order valence-corrected chi connectivity index (χ4v) is 2.32. The van der Waals surface area contributed by atoms with Gasteiger partial charge in [-0.3, -0.25) is 0 Å². The normalized spacial score (nSPS) is 33.4. The fourth-order valence-electron chi connectivity index (χ4n) is 2.32. The predicted octanol–water partition coefficient (Wildman–Crippen LogP) is -0.799. The van der Waals surface area contributed by atoms with E-state index in [-0.39, 0.29) is 5.82 Å². The smallest absolute Gasteiger partial charge is 0.183 e. The second kappa shape index (κ2) is 4.14. The van der Waals surface area contributed by atoms with Crippen LogP contribution in [0.4, 0.5) is 5.82 Å². The predicted molar refractivity (Wildman–Crippen MR) is 66.9 cm³/mol. The van der Waals surface area contributed by atoms with Gasteiger partial charge in [-0.2, -0.15) is 10.4 Å². The van der Waals surface area contributed by atoms with E-state index in [1.165, 1.54) is 10.8 Å². The van der Waals surface area contributed by atoms with Crippen molar-refractivity contribution < 1.29 is 14.9 Å². The van der Waals surface area contributed by atoms with E-state index in [9.17, 15) is 10.2 Å². The summed E-state index contributed by atoms with van der Waals surface area (Å²) in [4.78, 5) is 3.85. The molecule has 0 saturated carbocycles. The zero-order valence-electron chi connectivity index (χ0n) is 10.3. The third-order valence-corrected chi connectivity index (χ3v) is 3.44. The number of ether oxygens (including phenoxy) is 1. The highest BCUT2D eigenvalue weighted by molar-refractivity contribution is 5.65. The van der Waals surface area contributed by atoms with Crippen molar-refractivity contribution in [1.82, 2.24) is 14.6 Å². The summed E-state index contributed by atoms with van der Waals surface area (Å²) in [6.07, 6.45) is -2.37. The maximum Gasteiger partial charge on any atom is 0.183 e. The molecule has 1 radical (unpaired) electrons. The van der Waals surface area contributed by atoms with Crippen LogP contribution in [-0.4, -0.2) is 42.6 Å².